The molecule has 0 saturated heterocycles. The summed E-state index contributed by atoms with van der Waals surface area (Å²) in [5.74, 6) is 0.838. The van der Waals surface area contributed by atoms with Gasteiger partial charge in [0, 0.05) is 12.2 Å². The third kappa shape index (κ3) is 2.92. The zero-order valence-corrected chi connectivity index (χ0v) is 9.87. The Hall–Kier alpha value is -1.15. The van der Waals surface area contributed by atoms with Crippen LogP contribution >= 0.6 is 11.6 Å². The first-order chi connectivity index (χ1) is 7.75. The van der Waals surface area contributed by atoms with Crippen LogP contribution in [0, 0.1) is 5.92 Å². The lowest BCUT2D eigenvalue weighted by Crippen LogP contribution is -2.15. The van der Waals surface area contributed by atoms with Crippen molar-refractivity contribution in [1.29, 1.82) is 0 Å². The maximum atomic E-state index is 9.29. The van der Waals surface area contributed by atoms with Crippen LogP contribution in [0.5, 0.6) is 5.75 Å². The second kappa shape index (κ2) is 5.26. The number of rotatable bonds is 3. The Kier molecular flexibility index (Phi) is 3.73. The molecule has 1 aliphatic rings. The minimum Gasteiger partial charge on any atom is -0.506 e. The molecule has 0 bridgehead atoms. The van der Waals surface area contributed by atoms with E-state index in [0.29, 0.717) is 10.9 Å². The summed E-state index contributed by atoms with van der Waals surface area (Å²) in [5, 5.41) is 13.0. The molecule has 1 aliphatic carbocycles. The smallest absolute Gasteiger partial charge is 0.134 e. The summed E-state index contributed by atoms with van der Waals surface area (Å²) in [4.78, 5) is 0. The Balaban J connectivity index is 1.89. The van der Waals surface area contributed by atoms with Crippen LogP contribution in [0.3, 0.4) is 0 Å². The predicted octanol–water partition coefficient (Wildman–Crippen LogP) is 3.81. The van der Waals surface area contributed by atoms with Gasteiger partial charge in [0.25, 0.3) is 0 Å². The van der Waals surface area contributed by atoms with Crippen LogP contribution in [0.4, 0.5) is 5.69 Å². The molecule has 2 N–H and O–H groups in total. The normalized spacial score (nSPS) is 19.7. The molecule has 0 aromatic heterocycles. The Morgan fingerprint density at radius 1 is 1.38 bits per heavy atom. The van der Waals surface area contributed by atoms with Gasteiger partial charge in [-0.25, -0.2) is 0 Å². The molecule has 0 radical (unpaired) electrons. The quantitative estimate of drug-likeness (QED) is 0.619. The SMILES string of the molecule is Oc1ccc(NCC2CC=CCC2)cc1Cl. The van der Waals surface area contributed by atoms with Crippen molar-refractivity contribution in [3.63, 3.8) is 0 Å². The Morgan fingerprint density at radius 3 is 2.94 bits per heavy atom. The van der Waals surface area contributed by atoms with Crippen molar-refractivity contribution in [1.82, 2.24) is 0 Å². The highest BCUT2D eigenvalue weighted by molar-refractivity contribution is 6.32. The van der Waals surface area contributed by atoms with Gasteiger partial charge in [0.2, 0.25) is 0 Å². The van der Waals surface area contributed by atoms with E-state index in [0.717, 1.165) is 18.7 Å². The maximum Gasteiger partial charge on any atom is 0.134 e. The van der Waals surface area contributed by atoms with Gasteiger partial charge in [-0.2, -0.15) is 0 Å². The minimum atomic E-state index is 0.132. The summed E-state index contributed by atoms with van der Waals surface area (Å²) in [6.07, 6.45) is 8.07. The molecule has 0 amide bonds. The molecule has 86 valence electrons. The van der Waals surface area contributed by atoms with Gasteiger partial charge in [0.1, 0.15) is 5.75 Å². The summed E-state index contributed by atoms with van der Waals surface area (Å²) in [5.41, 5.74) is 0.970. The number of halogens is 1. The van der Waals surface area contributed by atoms with E-state index in [9.17, 15) is 5.11 Å². The molecule has 0 fully saturated rings. The van der Waals surface area contributed by atoms with Gasteiger partial charge >= 0.3 is 0 Å². The van der Waals surface area contributed by atoms with Gasteiger partial charge in [-0.3, -0.25) is 0 Å². The highest BCUT2D eigenvalue weighted by atomic mass is 35.5. The average molecular weight is 238 g/mol. The number of hydrogen-bond donors (Lipinski definition) is 2. The molecule has 1 aromatic rings. The zero-order chi connectivity index (χ0) is 11.4. The third-order valence-corrected chi connectivity index (χ3v) is 3.22. The lowest BCUT2D eigenvalue weighted by atomic mass is 9.94. The number of phenolic OH excluding ortho intramolecular Hbond substituents is 1. The standard InChI is InChI=1S/C13H16ClNO/c14-12-8-11(6-7-13(12)16)15-9-10-4-2-1-3-5-10/h1-2,6-8,10,15-16H,3-5,9H2. The van der Waals surface area contributed by atoms with E-state index < -0.39 is 0 Å². The number of anilines is 1. The molecule has 0 aliphatic heterocycles. The fourth-order valence-electron chi connectivity index (χ4n) is 1.92. The molecular formula is C13H16ClNO. The van der Waals surface area contributed by atoms with Crippen LogP contribution in [0.25, 0.3) is 0 Å². The highest BCUT2D eigenvalue weighted by Gasteiger charge is 2.09. The van der Waals surface area contributed by atoms with Crippen LogP contribution in [-0.4, -0.2) is 11.7 Å². The van der Waals surface area contributed by atoms with Crippen LogP contribution in [0.15, 0.2) is 30.4 Å². The number of aromatic hydroxyl groups is 1. The van der Waals surface area contributed by atoms with E-state index in [1.807, 2.05) is 6.07 Å². The van der Waals surface area contributed by atoms with Gasteiger partial charge in [0.15, 0.2) is 0 Å². The second-order valence-electron chi connectivity index (χ2n) is 4.20. The second-order valence-corrected chi connectivity index (χ2v) is 4.60. The van der Waals surface area contributed by atoms with E-state index >= 15 is 0 Å². The molecular weight excluding hydrogens is 222 g/mol. The Bertz CT molecular complexity index is 390. The van der Waals surface area contributed by atoms with Crippen LogP contribution < -0.4 is 5.32 Å². The topological polar surface area (TPSA) is 32.3 Å². The van der Waals surface area contributed by atoms with E-state index in [4.69, 9.17) is 11.6 Å². The van der Waals surface area contributed by atoms with E-state index in [1.165, 1.54) is 12.8 Å². The first kappa shape index (κ1) is 11.3. The fourth-order valence-corrected chi connectivity index (χ4v) is 2.10. The molecule has 0 saturated carbocycles. The highest BCUT2D eigenvalue weighted by Crippen LogP contribution is 2.26. The predicted molar refractivity (Wildman–Crippen MR) is 68.1 cm³/mol. The first-order valence-electron chi connectivity index (χ1n) is 5.63. The number of benzene rings is 1. The van der Waals surface area contributed by atoms with Crippen molar-refractivity contribution in [3.8, 4) is 5.75 Å². The van der Waals surface area contributed by atoms with Gasteiger partial charge in [0.05, 0.1) is 5.02 Å². The van der Waals surface area contributed by atoms with E-state index in [-0.39, 0.29) is 5.75 Å². The molecule has 0 heterocycles. The molecule has 3 heteroatoms. The van der Waals surface area contributed by atoms with E-state index in [1.54, 1.807) is 12.1 Å². The summed E-state index contributed by atoms with van der Waals surface area (Å²) < 4.78 is 0. The van der Waals surface area contributed by atoms with Crippen LogP contribution in [-0.2, 0) is 0 Å². The van der Waals surface area contributed by atoms with Gasteiger partial charge in [-0.15, -0.1) is 0 Å². The molecule has 1 unspecified atom stereocenters. The van der Waals surface area contributed by atoms with Gasteiger partial charge in [-0.1, -0.05) is 23.8 Å². The lowest BCUT2D eigenvalue weighted by Gasteiger charge is -2.18. The zero-order valence-electron chi connectivity index (χ0n) is 9.12. The number of phenols is 1. The van der Waals surface area contributed by atoms with Crippen molar-refractivity contribution in [2.45, 2.75) is 19.3 Å². The molecule has 1 aromatic carbocycles. The maximum absolute atomic E-state index is 9.29. The molecule has 2 nitrogen and oxygen atoms in total. The fraction of sp³-hybridized carbons (Fsp3) is 0.385. The average Bonchev–Trinajstić information content (AvgIpc) is 2.32. The summed E-state index contributed by atoms with van der Waals surface area (Å²) in [6, 6.07) is 5.22. The van der Waals surface area contributed by atoms with Crippen LogP contribution in [0.1, 0.15) is 19.3 Å². The number of hydrogen-bond acceptors (Lipinski definition) is 2. The van der Waals surface area contributed by atoms with Gasteiger partial charge < -0.3 is 10.4 Å². The van der Waals surface area contributed by atoms with Gasteiger partial charge in [-0.05, 0) is 43.4 Å². The van der Waals surface area contributed by atoms with Crippen molar-refractivity contribution in [2.24, 2.45) is 5.92 Å². The van der Waals surface area contributed by atoms with E-state index in [2.05, 4.69) is 17.5 Å². The first-order valence-corrected chi connectivity index (χ1v) is 6.01. The number of allylic oxidation sites excluding steroid dienone is 2. The van der Waals surface area contributed by atoms with Crippen LogP contribution in [0.2, 0.25) is 5.02 Å². The van der Waals surface area contributed by atoms with Crippen molar-refractivity contribution < 1.29 is 5.11 Å². The Morgan fingerprint density at radius 2 is 2.25 bits per heavy atom. The molecule has 0 spiro atoms. The summed E-state index contributed by atoms with van der Waals surface area (Å²) in [7, 11) is 0. The van der Waals surface area contributed by atoms with Crippen molar-refractivity contribution >= 4 is 17.3 Å². The molecule has 16 heavy (non-hydrogen) atoms. The van der Waals surface area contributed by atoms with Crippen molar-refractivity contribution in [3.05, 3.63) is 35.4 Å². The number of nitrogens with one attached hydrogen (secondary N) is 1. The Labute approximate surface area is 101 Å². The third-order valence-electron chi connectivity index (χ3n) is 2.92. The summed E-state index contributed by atoms with van der Waals surface area (Å²) in [6.45, 7) is 0.964. The van der Waals surface area contributed by atoms with Crippen molar-refractivity contribution in [2.75, 3.05) is 11.9 Å². The minimum absolute atomic E-state index is 0.132. The molecule has 2 rings (SSSR count). The monoisotopic (exact) mass is 237 g/mol. The summed E-state index contributed by atoms with van der Waals surface area (Å²) >= 11 is 5.83. The molecule has 1 atom stereocenters. The largest absolute Gasteiger partial charge is 0.506 e. The lowest BCUT2D eigenvalue weighted by molar-refractivity contribution is 0.475.